The van der Waals surface area contributed by atoms with Crippen molar-refractivity contribution < 1.29 is 28.7 Å². The minimum atomic E-state index is -1.98. The Kier molecular flexibility index (Phi) is 8.01. The molecule has 11 heteroatoms. The summed E-state index contributed by atoms with van der Waals surface area (Å²) in [6.07, 6.45) is 0. The van der Waals surface area contributed by atoms with E-state index in [1.807, 2.05) is 6.92 Å². The molecular weight excluding hydrogens is 376 g/mol. The van der Waals surface area contributed by atoms with Gasteiger partial charge >= 0.3 is 11.9 Å². The minimum absolute atomic E-state index is 0.320. The molecule has 1 unspecified atom stereocenters. The molecule has 0 spiro atoms. The van der Waals surface area contributed by atoms with Gasteiger partial charge in [-0.15, -0.1) is 0 Å². The van der Waals surface area contributed by atoms with Gasteiger partial charge in [0.05, 0.1) is 14.2 Å². The zero-order chi connectivity index (χ0) is 20.6. The highest BCUT2D eigenvalue weighted by Crippen LogP contribution is 2.12. The van der Waals surface area contributed by atoms with Gasteiger partial charge in [0, 0.05) is 5.69 Å². The van der Waals surface area contributed by atoms with E-state index in [1.54, 1.807) is 24.3 Å². The number of hydrogen-bond donors (Lipinski definition) is 3. The van der Waals surface area contributed by atoms with Crippen LogP contribution in [0.5, 0.6) is 0 Å². The maximum Gasteiger partial charge on any atom is 0.355 e. The van der Waals surface area contributed by atoms with Crippen molar-refractivity contribution in [3.05, 3.63) is 29.8 Å². The SMILES string of the molecule is COC(=O)/C(=N/NC(N)=S)C(C(=O)OC)C(=O)C(=O)Nc1ccc(C)cc1. The van der Waals surface area contributed by atoms with Crippen molar-refractivity contribution in [3.8, 4) is 0 Å². The molecule has 0 saturated heterocycles. The standard InChI is InChI=1S/C16H18N4O6S/c1-8-4-6-9(7-5-8)18-13(22)12(21)10(14(23)25-2)11(15(24)26-3)19-20-16(17)27/h4-7,10H,1-3H3,(H,18,22)(H3,17,20,27)/b19-11+. The van der Waals surface area contributed by atoms with Gasteiger partial charge in [-0.3, -0.25) is 19.8 Å². The largest absolute Gasteiger partial charge is 0.468 e. The van der Waals surface area contributed by atoms with Crippen LogP contribution in [0.1, 0.15) is 5.56 Å². The fourth-order valence-corrected chi connectivity index (χ4v) is 1.91. The molecule has 1 amide bonds. The molecule has 0 heterocycles. The number of methoxy groups -OCH3 is 2. The number of esters is 2. The first-order chi connectivity index (χ1) is 12.7. The number of carbonyl (C=O) groups excluding carboxylic acids is 4. The minimum Gasteiger partial charge on any atom is -0.468 e. The molecule has 0 aliphatic rings. The summed E-state index contributed by atoms with van der Waals surface area (Å²) >= 11 is 4.56. The summed E-state index contributed by atoms with van der Waals surface area (Å²) in [5.41, 5.74) is 7.82. The third-order valence-electron chi connectivity index (χ3n) is 3.19. The van der Waals surface area contributed by atoms with Gasteiger partial charge in [0.25, 0.3) is 5.91 Å². The third kappa shape index (κ3) is 6.15. The topological polar surface area (TPSA) is 149 Å². The summed E-state index contributed by atoms with van der Waals surface area (Å²) in [6, 6.07) is 6.56. The lowest BCUT2D eigenvalue weighted by Crippen LogP contribution is -2.44. The number of anilines is 1. The Morgan fingerprint density at radius 1 is 1.11 bits per heavy atom. The van der Waals surface area contributed by atoms with Crippen LogP contribution in [-0.2, 0) is 28.7 Å². The molecule has 1 atom stereocenters. The molecule has 0 bridgehead atoms. The fourth-order valence-electron chi connectivity index (χ4n) is 1.87. The Bertz CT molecular complexity index is 791. The van der Waals surface area contributed by atoms with E-state index in [0.29, 0.717) is 5.69 Å². The number of aryl methyl sites for hydroxylation is 1. The van der Waals surface area contributed by atoms with E-state index in [2.05, 4.69) is 37.5 Å². The molecule has 1 aromatic rings. The number of ether oxygens (including phenoxy) is 2. The van der Waals surface area contributed by atoms with Gasteiger partial charge in [0.1, 0.15) is 0 Å². The first kappa shape index (κ1) is 21.7. The quantitative estimate of drug-likeness (QED) is 0.141. The summed E-state index contributed by atoms with van der Waals surface area (Å²) in [5, 5.41) is 5.50. The lowest BCUT2D eigenvalue weighted by molar-refractivity contribution is -0.150. The zero-order valence-corrected chi connectivity index (χ0v) is 15.6. The predicted octanol–water partition coefficient (Wildman–Crippen LogP) is -0.346. The molecule has 0 saturated carbocycles. The monoisotopic (exact) mass is 394 g/mol. The van der Waals surface area contributed by atoms with E-state index >= 15 is 0 Å². The molecule has 0 fully saturated rings. The Hall–Kier alpha value is -3.34. The van der Waals surface area contributed by atoms with Crippen LogP contribution >= 0.6 is 12.2 Å². The first-order valence-electron chi connectivity index (χ1n) is 7.42. The summed E-state index contributed by atoms with van der Waals surface area (Å²) in [5.74, 6) is -6.74. The highest BCUT2D eigenvalue weighted by atomic mass is 32.1. The number of hydrogen-bond acceptors (Lipinski definition) is 8. The molecule has 0 aliphatic heterocycles. The van der Waals surface area contributed by atoms with Crippen LogP contribution in [0, 0.1) is 12.8 Å². The van der Waals surface area contributed by atoms with Crippen LogP contribution < -0.4 is 16.5 Å². The van der Waals surface area contributed by atoms with Crippen molar-refractivity contribution in [1.82, 2.24) is 5.43 Å². The average Bonchev–Trinajstić information content (AvgIpc) is 2.64. The lowest BCUT2D eigenvalue weighted by Gasteiger charge is -2.14. The smallest absolute Gasteiger partial charge is 0.355 e. The number of nitrogens with zero attached hydrogens (tertiary/aromatic N) is 1. The second-order valence-electron chi connectivity index (χ2n) is 5.11. The van der Waals surface area contributed by atoms with Crippen molar-refractivity contribution >= 4 is 52.4 Å². The molecule has 0 aromatic heterocycles. The van der Waals surface area contributed by atoms with E-state index in [1.165, 1.54) is 0 Å². The molecular formula is C16H18N4O6S. The van der Waals surface area contributed by atoms with Gasteiger partial charge in [-0.2, -0.15) is 5.10 Å². The number of rotatable bonds is 7. The Labute approximate surface area is 160 Å². The summed E-state index contributed by atoms with van der Waals surface area (Å²) in [6.45, 7) is 1.85. The van der Waals surface area contributed by atoms with E-state index < -0.39 is 35.3 Å². The number of nitrogens with two attached hydrogens (primary N) is 1. The normalized spacial score (nSPS) is 11.7. The molecule has 27 heavy (non-hydrogen) atoms. The molecule has 1 rings (SSSR count). The molecule has 0 radical (unpaired) electrons. The number of carbonyl (C=O) groups is 4. The number of thiocarbonyl (C=S) groups is 1. The van der Waals surface area contributed by atoms with Gasteiger partial charge in [0.15, 0.2) is 16.7 Å². The number of ketones is 1. The summed E-state index contributed by atoms with van der Waals surface area (Å²) in [4.78, 5) is 48.8. The van der Waals surface area contributed by atoms with E-state index in [4.69, 9.17) is 5.73 Å². The number of hydrazone groups is 1. The molecule has 144 valence electrons. The number of nitrogens with one attached hydrogen (secondary N) is 2. The van der Waals surface area contributed by atoms with Crippen LogP contribution in [0.4, 0.5) is 5.69 Å². The van der Waals surface area contributed by atoms with Gasteiger partial charge in [0.2, 0.25) is 5.78 Å². The van der Waals surface area contributed by atoms with Crippen LogP contribution in [0.2, 0.25) is 0 Å². The summed E-state index contributed by atoms with van der Waals surface area (Å²) in [7, 11) is 1.99. The van der Waals surface area contributed by atoms with Crippen LogP contribution in [-0.4, -0.2) is 48.7 Å². The van der Waals surface area contributed by atoms with Gasteiger partial charge < -0.3 is 20.5 Å². The van der Waals surface area contributed by atoms with Gasteiger partial charge in [-0.05, 0) is 31.3 Å². The van der Waals surface area contributed by atoms with Crippen molar-refractivity contribution in [3.63, 3.8) is 0 Å². The van der Waals surface area contributed by atoms with Gasteiger partial charge in [-0.1, -0.05) is 17.7 Å². The molecule has 10 nitrogen and oxygen atoms in total. The Morgan fingerprint density at radius 3 is 2.19 bits per heavy atom. The average molecular weight is 394 g/mol. The molecule has 1 aromatic carbocycles. The first-order valence-corrected chi connectivity index (χ1v) is 7.83. The Morgan fingerprint density at radius 2 is 1.70 bits per heavy atom. The zero-order valence-electron chi connectivity index (χ0n) is 14.8. The molecule has 0 aliphatic carbocycles. The predicted molar refractivity (Wildman–Crippen MR) is 99.7 cm³/mol. The highest BCUT2D eigenvalue weighted by molar-refractivity contribution is 7.80. The van der Waals surface area contributed by atoms with E-state index in [0.717, 1.165) is 19.8 Å². The summed E-state index contributed by atoms with van der Waals surface area (Å²) < 4.78 is 9.01. The number of amides is 1. The lowest BCUT2D eigenvalue weighted by atomic mass is 9.97. The van der Waals surface area contributed by atoms with Crippen molar-refractivity contribution in [2.45, 2.75) is 6.92 Å². The fraction of sp³-hybridized carbons (Fsp3) is 0.250. The maximum absolute atomic E-state index is 12.5. The van der Waals surface area contributed by atoms with Crippen molar-refractivity contribution in [1.29, 1.82) is 0 Å². The second-order valence-corrected chi connectivity index (χ2v) is 5.55. The van der Waals surface area contributed by atoms with Crippen molar-refractivity contribution in [2.24, 2.45) is 16.8 Å². The van der Waals surface area contributed by atoms with Crippen LogP contribution in [0.3, 0.4) is 0 Å². The second kappa shape index (κ2) is 9.97. The highest BCUT2D eigenvalue weighted by Gasteiger charge is 2.41. The molecule has 4 N–H and O–H groups in total. The van der Waals surface area contributed by atoms with Crippen molar-refractivity contribution in [2.75, 3.05) is 19.5 Å². The van der Waals surface area contributed by atoms with E-state index in [9.17, 15) is 19.2 Å². The van der Waals surface area contributed by atoms with E-state index in [-0.39, 0.29) is 5.11 Å². The number of benzene rings is 1. The maximum atomic E-state index is 12.5. The van der Waals surface area contributed by atoms with Gasteiger partial charge in [-0.25, -0.2) is 4.79 Å². The Balaban J connectivity index is 3.20. The third-order valence-corrected chi connectivity index (χ3v) is 3.28. The van der Waals surface area contributed by atoms with Crippen LogP contribution in [0.25, 0.3) is 0 Å². The van der Waals surface area contributed by atoms with Crippen LogP contribution in [0.15, 0.2) is 29.4 Å². The number of Topliss-reactive ketones (excluding diaryl/α,β-unsaturated/α-hetero) is 1.